The van der Waals surface area contributed by atoms with Crippen molar-refractivity contribution in [3.63, 3.8) is 0 Å². The number of amides is 1. The average Bonchev–Trinajstić information content (AvgIpc) is 3.00. The van der Waals surface area contributed by atoms with Gasteiger partial charge in [-0.3, -0.25) is 19.9 Å². The van der Waals surface area contributed by atoms with E-state index in [-0.39, 0.29) is 17.7 Å². The molecular formula is C17H16N4O4. The average molecular weight is 340 g/mol. The van der Waals surface area contributed by atoms with Crippen LogP contribution in [0.15, 0.2) is 53.9 Å². The third-order valence-electron chi connectivity index (χ3n) is 4.09. The number of non-ortho nitro benzene ring substituents is 1. The summed E-state index contributed by atoms with van der Waals surface area (Å²) in [6.45, 7) is 1.88. The van der Waals surface area contributed by atoms with Crippen LogP contribution in [0, 0.1) is 10.1 Å². The smallest absolute Gasteiger partial charge is 0.277 e. The maximum Gasteiger partial charge on any atom is 0.277 e. The fourth-order valence-electron chi connectivity index (χ4n) is 2.75. The molecule has 0 bridgehead atoms. The zero-order valence-corrected chi connectivity index (χ0v) is 13.5. The van der Waals surface area contributed by atoms with Crippen LogP contribution in [0.1, 0.15) is 35.7 Å². The van der Waals surface area contributed by atoms with E-state index in [4.69, 9.17) is 0 Å². The monoisotopic (exact) mass is 340 g/mol. The van der Waals surface area contributed by atoms with Gasteiger partial charge in [-0.2, -0.15) is 10.1 Å². The first-order chi connectivity index (χ1) is 12.0. The van der Waals surface area contributed by atoms with E-state index >= 15 is 0 Å². The van der Waals surface area contributed by atoms with Crippen LogP contribution >= 0.6 is 0 Å². The number of hydrogen-bond donors (Lipinski definition) is 1. The molecule has 1 unspecified atom stereocenters. The number of rotatable bonds is 4. The molecule has 1 atom stereocenters. The van der Waals surface area contributed by atoms with Crippen molar-refractivity contribution in [3.05, 3.63) is 70.0 Å². The number of nitrogens with zero attached hydrogens (tertiary/aromatic N) is 4. The highest BCUT2D eigenvalue weighted by atomic mass is 16.6. The molecule has 1 amide bonds. The number of carbonyl (C=O) groups excluding carboxylic acids is 1. The van der Waals surface area contributed by atoms with E-state index in [1.54, 1.807) is 12.1 Å². The molecular weight excluding hydrogens is 324 g/mol. The molecule has 1 aliphatic heterocycles. The highest BCUT2D eigenvalue weighted by Gasteiger charge is 2.45. The van der Waals surface area contributed by atoms with Crippen LogP contribution in [0.5, 0.6) is 0 Å². The fraction of sp³-hybridized carbons (Fsp3) is 0.235. The lowest BCUT2D eigenvalue weighted by atomic mass is 9.97. The SMILES string of the molecule is CCC1=NN(C(=O)c2cccc([N+](=O)[O-])c2)C(O)(c2ccncc2)C1. The number of nitro groups is 1. The molecule has 1 aromatic heterocycles. The van der Waals surface area contributed by atoms with Gasteiger partial charge in [-0.15, -0.1) is 0 Å². The highest BCUT2D eigenvalue weighted by molar-refractivity contribution is 5.98. The van der Waals surface area contributed by atoms with Crippen molar-refractivity contribution in [2.45, 2.75) is 25.5 Å². The molecule has 128 valence electrons. The van der Waals surface area contributed by atoms with Crippen molar-refractivity contribution in [2.75, 3.05) is 0 Å². The number of hydrazone groups is 1. The molecule has 0 saturated heterocycles. The van der Waals surface area contributed by atoms with Gasteiger partial charge in [0, 0.05) is 47.8 Å². The Bertz CT molecular complexity index is 853. The fourth-order valence-corrected chi connectivity index (χ4v) is 2.75. The second-order valence-electron chi connectivity index (χ2n) is 5.67. The summed E-state index contributed by atoms with van der Waals surface area (Å²) in [5, 5.41) is 27.4. The lowest BCUT2D eigenvalue weighted by Crippen LogP contribution is -2.43. The van der Waals surface area contributed by atoms with E-state index in [1.165, 1.54) is 36.7 Å². The summed E-state index contributed by atoms with van der Waals surface area (Å²) in [5.74, 6) is -0.605. The van der Waals surface area contributed by atoms with Crippen molar-refractivity contribution in [1.82, 2.24) is 9.99 Å². The van der Waals surface area contributed by atoms with Gasteiger partial charge in [0.25, 0.3) is 11.6 Å². The first-order valence-electron chi connectivity index (χ1n) is 7.74. The van der Waals surface area contributed by atoms with E-state index in [1.807, 2.05) is 6.92 Å². The lowest BCUT2D eigenvalue weighted by Gasteiger charge is -2.31. The summed E-state index contributed by atoms with van der Waals surface area (Å²) in [6, 6.07) is 8.59. The van der Waals surface area contributed by atoms with Gasteiger partial charge in [-0.25, -0.2) is 0 Å². The molecule has 0 radical (unpaired) electrons. The van der Waals surface area contributed by atoms with E-state index in [0.717, 1.165) is 5.01 Å². The normalized spacial score (nSPS) is 19.6. The topological polar surface area (TPSA) is 109 Å². The van der Waals surface area contributed by atoms with Gasteiger partial charge in [0.05, 0.1) is 4.92 Å². The van der Waals surface area contributed by atoms with E-state index in [9.17, 15) is 20.0 Å². The minimum absolute atomic E-state index is 0.0859. The molecule has 2 heterocycles. The zero-order valence-electron chi connectivity index (χ0n) is 13.5. The van der Waals surface area contributed by atoms with E-state index in [0.29, 0.717) is 17.7 Å². The first kappa shape index (κ1) is 16.7. The second kappa shape index (κ2) is 6.40. The Hall–Kier alpha value is -3.13. The maximum absolute atomic E-state index is 12.9. The standard InChI is InChI=1S/C17H16N4O4/c1-2-14-11-17(23,13-6-8-18-9-7-13)20(19-14)16(22)12-4-3-5-15(10-12)21(24)25/h3-10,23H,2,11H2,1H3. The summed E-state index contributed by atoms with van der Waals surface area (Å²) in [6.07, 6.45) is 3.79. The van der Waals surface area contributed by atoms with Crippen LogP contribution in [-0.4, -0.2) is 31.6 Å². The molecule has 2 aromatic rings. The molecule has 8 heteroatoms. The van der Waals surface area contributed by atoms with Gasteiger partial charge in [0.2, 0.25) is 0 Å². The minimum atomic E-state index is -1.64. The van der Waals surface area contributed by atoms with E-state index < -0.39 is 16.6 Å². The van der Waals surface area contributed by atoms with Crippen LogP contribution in [-0.2, 0) is 5.72 Å². The van der Waals surface area contributed by atoms with Gasteiger partial charge < -0.3 is 5.11 Å². The van der Waals surface area contributed by atoms with Gasteiger partial charge in [-0.1, -0.05) is 13.0 Å². The maximum atomic E-state index is 12.9. The first-order valence-corrected chi connectivity index (χ1v) is 7.74. The number of nitro benzene ring substituents is 1. The van der Waals surface area contributed by atoms with Crippen LogP contribution < -0.4 is 0 Å². The van der Waals surface area contributed by atoms with Crippen LogP contribution in [0.2, 0.25) is 0 Å². The van der Waals surface area contributed by atoms with Crippen molar-refractivity contribution in [2.24, 2.45) is 5.10 Å². The van der Waals surface area contributed by atoms with Crippen molar-refractivity contribution >= 4 is 17.3 Å². The third-order valence-corrected chi connectivity index (χ3v) is 4.09. The molecule has 1 aromatic carbocycles. The predicted molar refractivity (Wildman–Crippen MR) is 89.7 cm³/mol. The van der Waals surface area contributed by atoms with Gasteiger partial charge >= 0.3 is 0 Å². The molecule has 0 fully saturated rings. The lowest BCUT2D eigenvalue weighted by molar-refractivity contribution is -0.384. The number of aliphatic hydroxyl groups is 1. The van der Waals surface area contributed by atoms with Crippen LogP contribution in [0.25, 0.3) is 0 Å². The molecule has 3 rings (SSSR count). The molecule has 25 heavy (non-hydrogen) atoms. The van der Waals surface area contributed by atoms with Crippen molar-refractivity contribution in [3.8, 4) is 0 Å². The molecule has 8 nitrogen and oxygen atoms in total. The zero-order chi connectivity index (χ0) is 18.0. The molecule has 1 aliphatic rings. The minimum Gasteiger partial charge on any atom is -0.365 e. The van der Waals surface area contributed by atoms with Crippen LogP contribution in [0.4, 0.5) is 5.69 Å². The Morgan fingerprint density at radius 3 is 2.72 bits per heavy atom. The number of pyridine rings is 1. The van der Waals surface area contributed by atoms with Crippen molar-refractivity contribution < 1.29 is 14.8 Å². The second-order valence-corrected chi connectivity index (χ2v) is 5.67. The Morgan fingerprint density at radius 2 is 2.08 bits per heavy atom. The summed E-state index contributed by atoms with van der Waals surface area (Å²) in [5.41, 5.74) is -0.609. The van der Waals surface area contributed by atoms with Gasteiger partial charge in [0.1, 0.15) is 0 Å². The number of benzene rings is 1. The Kier molecular flexibility index (Phi) is 4.28. The molecule has 0 saturated carbocycles. The number of carbonyl (C=O) groups is 1. The Morgan fingerprint density at radius 1 is 1.36 bits per heavy atom. The Labute approximate surface area is 143 Å². The number of hydrogen-bond acceptors (Lipinski definition) is 6. The summed E-state index contributed by atoms with van der Waals surface area (Å²) >= 11 is 0. The van der Waals surface area contributed by atoms with Crippen LogP contribution in [0.3, 0.4) is 0 Å². The largest absolute Gasteiger partial charge is 0.365 e. The molecule has 0 aliphatic carbocycles. The Balaban J connectivity index is 2.03. The van der Waals surface area contributed by atoms with Crippen molar-refractivity contribution in [1.29, 1.82) is 0 Å². The predicted octanol–water partition coefficient (Wildman–Crippen LogP) is 2.45. The third kappa shape index (κ3) is 2.99. The van der Waals surface area contributed by atoms with E-state index in [2.05, 4.69) is 10.1 Å². The molecule has 1 N–H and O–H groups in total. The van der Waals surface area contributed by atoms with Gasteiger partial charge in [0.15, 0.2) is 5.72 Å². The summed E-state index contributed by atoms with van der Waals surface area (Å²) in [7, 11) is 0. The molecule has 0 spiro atoms. The summed E-state index contributed by atoms with van der Waals surface area (Å²) < 4.78 is 0. The quantitative estimate of drug-likeness (QED) is 0.679. The van der Waals surface area contributed by atoms with Gasteiger partial charge in [-0.05, 0) is 24.6 Å². The summed E-state index contributed by atoms with van der Waals surface area (Å²) in [4.78, 5) is 27.2. The number of aromatic nitrogens is 1. The highest BCUT2D eigenvalue weighted by Crippen LogP contribution is 2.37.